The molecule has 2 atom stereocenters. The fourth-order valence-corrected chi connectivity index (χ4v) is 5.30. The van der Waals surface area contributed by atoms with Gasteiger partial charge in [0.15, 0.2) is 8.32 Å². The van der Waals surface area contributed by atoms with Crippen LogP contribution in [0.5, 0.6) is 0 Å². The maximum Gasteiger partial charge on any atom is 0.410 e. The Morgan fingerprint density at radius 3 is 1.97 bits per heavy atom. The van der Waals surface area contributed by atoms with Gasteiger partial charge in [0.2, 0.25) is 0 Å². The van der Waals surface area contributed by atoms with Crippen LogP contribution in [0.2, 0.25) is 23.2 Å². The third-order valence-electron chi connectivity index (χ3n) is 7.06. The fourth-order valence-electron chi connectivity index (χ4n) is 3.89. The van der Waals surface area contributed by atoms with Gasteiger partial charge in [0.05, 0.1) is 17.7 Å². The second-order valence-corrected chi connectivity index (χ2v) is 17.4. The number of carbonyl (C=O) groups is 2. The molecule has 1 N–H and O–H groups in total. The second-order valence-electron chi connectivity index (χ2n) is 12.3. The molecule has 8 heteroatoms. The summed E-state index contributed by atoms with van der Waals surface area (Å²) in [5, 5.41) is 9.84. The van der Waals surface area contributed by atoms with E-state index in [0.29, 0.717) is 24.4 Å². The molecule has 2 rings (SSSR count). The van der Waals surface area contributed by atoms with E-state index in [1.807, 2.05) is 45.0 Å². The third kappa shape index (κ3) is 8.85. The van der Waals surface area contributed by atoms with Gasteiger partial charge in [-0.2, -0.15) is 0 Å². The number of halogens is 1. The molecule has 6 nitrogen and oxygen atoms in total. The van der Waals surface area contributed by atoms with Gasteiger partial charge in [-0.15, -0.1) is 0 Å². The lowest BCUT2D eigenvalue weighted by molar-refractivity contribution is -0.00458. The first-order chi connectivity index (χ1) is 17.4. The molecule has 1 amide bonds. The van der Waals surface area contributed by atoms with Crippen LogP contribution in [0, 0.1) is 0 Å². The van der Waals surface area contributed by atoms with Crippen molar-refractivity contribution < 1.29 is 23.9 Å². The predicted molar refractivity (Wildman–Crippen MR) is 157 cm³/mol. The number of nitrogens with zero attached hydrogens (tertiary/aromatic N) is 1. The Morgan fingerprint density at radius 2 is 1.53 bits per heavy atom. The number of hydrogen-bond donors (Lipinski definition) is 1. The molecule has 0 aliphatic carbocycles. The van der Waals surface area contributed by atoms with Crippen LogP contribution in [0.15, 0.2) is 48.5 Å². The Morgan fingerprint density at radius 1 is 0.974 bits per heavy atom. The number of carbonyl (C=O) groups excluding carboxylic acids is 1. The van der Waals surface area contributed by atoms with Crippen molar-refractivity contribution in [3.8, 4) is 0 Å². The summed E-state index contributed by atoms with van der Waals surface area (Å²) in [5.74, 6) is -0.966. The van der Waals surface area contributed by atoms with Crippen LogP contribution in [-0.4, -0.2) is 48.6 Å². The van der Waals surface area contributed by atoms with Gasteiger partial charge in [0.25, 0.3) is 0 Å². The molecule has 0 heterocycles. The third-order valence-corrected chi connectivity index (χ3v) is 11.8. The summed E-state index contributed by atoms with van der Waals surface area (Å²) in [6, 6.07) is 14.1. The molecule has 2 aromatic rings. The highest BCUT2D eigenvalue weighted by Gasteiger charge is 2.43. The van der Waals surface area contributed by atoms with Gasteiger partial charge in [-0.1, -0.05) is 63.6 Å². The Labute approximate surface area is 234 Å². The maximum absolute atomic E-state index is 13.6. The monoisotopic (exact) mass is 561 g/mol. The molecular weight excluding hydrogens is 518 g/mol. The van der Waals surface area contributed by atoms with Gasteiger partial charge in [0, 0.05) is 11.6 Å². The predicted octanol–water partition coefficient (Wildman–Crippen LogP) is 8.36. The van der Waals surface area contributed by atoms with E-state index in [1.54, 1.807) is 29.2 Å². The topological polar surface area (TPSA) is 76.1 Å². The minimum Gasteiger partial charge on any atom is -0.478 e. The average Bonchev–Trinajstić information content (AvgIpc) is 2.79. The Kier molecular flexibility index (Phi) is 10.6. The zero-order valence-corrected chi connectivity index (χ0v) is 26.1. The summed E-state index contributed by atoms with van der Waals surface area (Å²) in [6.45, 7) is 19.1. The zero-order valence-electron chi connectivity index (χ0n) is 24.3. The van der Waals surface area contributed by atoms with Crippen molar-refractivity contribution >= 4 is 32.0 Å². The van der Waals surface area contributed by atoms with Crippen molar-refractivity contribution in [2.75, 3.05) is 6.54 Å². The summed E-state index contributed by atoms with van der Waals surface area (Å²) in [5.41, 5.74) is 1.47. The highest BCUT2D eigenvalue weighted by molar-refractivity contribution is 6.74. The number of rotatable bonds is 10. The molecule has 0 radical (unpaired) electrons. The number of aromatic carboxylic acids is 1. The van der Waals surface area contributed by atoms with E-state index >= 15 is 0 Å². The standard InChI is InChI=1S/C30H44ClNO5Si/c1-10-25(26(22-15-17-24(31)18-16-22)37-38(8,9)30(5,6)7)32(28(35)36-29(2,3)4)20-19-21-11-13-23(14-12-21)27(33)34/h11-18,25-26H,10,19-20H2,1-9H3,(H,33,34)/t25-,26?/m1/s1. The summed E-state index contributed by atoms with van der Waals surface area (Å²) >= 11 is 6.22. The molecule has 0 saturated heterocycles. The average molecular weight is 562 g/mol. The smallest absolute Gasteiger partial charge is 0.410 e. The lowest BCUT2D eigenvalue weighted by Crippen LogP contribution is -2.51. The fraction of sp³-hybridized carbons (Fsp3) is 0.533. The van der Waals surface area contributed by atoms with Crippen LogP contribution >= 0.6 is 11.6 Å². The van der Waals surface area contributed by atoms with Gasteiger partial charge in [-0.05, 0) is 87.1 Å². The quantitative estimate of drug-likeness (QED) is 0.295. The van der Waals surface area contributed by atoms with E-state index in [0.717, 1.165) is 11.1 Å². The number of carboxylic acids is 1. The molecule has 0 bridgehead atoms. The van der Waals surface area contributed by atoms with Crippen molar-refractivity contribution in [1.29, 1.82) is 0 Å². The molecule has 0 aromatic heterocycles. The Balaban J connectivity index is 2.51. The maximum atomic E-state index is 13.6. The highest BCUT2D eigenvalue weighted by atomic mass is 35.5. The van der Waals surface area contributed by atoms with Crippen molar-refractivity contribution in [1.82, 2.24) is 4.90 Å². The lowest BCUT2D eigenvalue weighted by Gasteiger charge is -2.44. The van der Waals surface area contributed by atoms with Gasteiger partial charge >= 0.3 is 12.1 Å². The minimum atomic E-state index is -2.24. The van der Waals surface area contributed by atoms with Crippen molar-refractivity contribution in [3.05, 3.63) is 70.2 Å². The Hall–Kier alpha value is -2.35. The normalized spacial score (nSPS) is 14.1. The molecule has 0 aliphatic heterocycles. The number of amides is 1. The summed E-state index contributed by atoms with van der Waals surface area (Å²) in [7, 11) is -2.24. The molecule has 210 valence electrons. The summed E-state index contributed by atoms with van der Waals surface area (Å²) in [6.07, 6.45) is 0.423. The zero-order chi connectivity index (χ0) is 28.9. The van der Waals surface area contributed by atoms with Crippen LogP contribution in [0.25, 0.3) is 0 Å². The van der Waals surface area contributed by atoms with Crippen LogP contribution in [0.1, 0.15) is 82.5 Å². The van der Waals surface area contributed by atoms with Gasteiger partial charge in [-0.3, -0.25) is 0 Å². The van der Waals surface area contributed by atoms with Crippen molar-refractivity contribution in [2.45, 2.75) is 97.2 Å². The van der Waals surface area contributed by atoms with E-state index < -0.39 is 26.0 Å². The van der Waals surface area contributed by atoms with E-state index in [9.17, 15) is 14.7 Å². The minimum absolute atomic E-state index is 0.0292. The summed E-state index contributed by atoms with van der Waals surface area (Å²) in [4.78, 5) is 26.7. The number of benzene rings is 2. The summed E-state index contributed by atoms with van der Waals surface area (Å²) < 4.78 is 12.9. The molecule has 1 unspecified atom stereocenters. The van der Waals surface area contributed by atoms with Crippen molar-refractivity contribution in [3.63, 3.8) is 0 Å². The molecule has 0 fully saturated rings. The van der Waals surface area contributed by atoms with E-state index in [-0.39, 0.29) is 22.7 Å². The second kappa shape index (κ2) is 12.7. The lowest BCUT2D eigenvalue weighted by atomic mass is 9.98. The van der Waals surface area contributed by atoms with Gasteiger partial charge in [-0.25, -0.2) is 9.59 Å². The van der Waals surface area contributed by atoms with Gasteiger partial charge in [0.1, 0.15) is 5.60 Å². The van der Waals surface area contributed by atoms with E-state index in [1.165, 1.54) is 0 Å². The van der Waals surface area contributed by atoms with Gasteiger partial charge < -0.3 is 19.2 Å². The number of carboxylic acid groups (broad SMARTS) is 1. The Bertz CT molecular complexity index is 1070. The molecule has 0 saturated carbocycles. The molecule has 2 aromatic carbocycles. The first kappa shape index (κ1) is 31.9. The first-order valence-electron chi connectivity index (χ1n) is 13.2. The largest absolute Gasteiger partial charge is 0.478 e. The number of hydrogen-bond acceptors (Lipinski definition) is 4. The SMILES string of the molecule is CC[C@H](C(O[Si](C)(C)C(C)(C)C)c1ccc(Cl)cc1)N(CCc1ccc(C(=O)O)cc1)C(=O)OC(C)(C)C. The van der Waals surface area contributed by atoms with Crippen LogP contribution < -0.4 is 0 Å². The number of ether oxygens (including phenoxy) is 1. The van der Waals surface area contributed by atoms with Crippen molar-refractivity contribution in [2.24, 2.45) is 0 Å². The van der Waals surface area contributed by atoms with Crippen LogP contribution in [0.3, 0.4) is 0 Å². The first-order valence-corrected chi connectivity index (χ1v) is 16.5. The van der Waals surface area contributed by atoms with E-state index in [4.69, 9.17) is 20.8 Å². The molecular formula is C30H44ClNO5Si. The molecule has 0 spiro atoms. The molecule has 38 heavy (non-hydrogen) atoms. The highest BCUT2D eigenvalue weighted by Crippen LogP contribution is 2.42. The van der Waals surface area contributed by atoms with E-state index in [2.05, 4.69) is 40.8 Å². The molecule has 0 aliphatic rings. The van der Waals surface area contributed by atoms with Crippen LogP contribution in [0.4, 0.5) is 4.79 Å². The van der Waals surface area contributed by atoms with Crippen LogP contribution in [-0.2, 0) is 15.6 Å².